The van der Waals surface area contributed by atoms with Crippen LogP contribution in [0, 0.1) is 5.41 Å². The highest BCUT2D eigenvalue weighted by Gasteiger charge is 2.38. The molecule has 0 spiro atoms. The summed E-state index contributed by atoms with van der Waals surface area (Å²) < 4.78 is 2.18. The molecule has 1 fully saturated rings. The van der Waals surface area contributed by atoms with Gasteiger partial charge in [-0.05, 0) is 25.2 Å². The molecule has 3 heteroatoms. The van der Waals surface area contributed by atoms with E-state index in [0.29, 0.717) is 11.3 Å². The number of hydrogen-bond donors (Lipinski definition) is 0. The van der Waals surface area contributed by atoms with Crippen LogP contribution in [0.4, 0.5) is 0 Å². The summed E-state index contributed by atoms with van der Waals surface area (Å²) in [5.74, 6) is 1.79. The van der Waals surface area contributed by atoms with Gasteiger partial charge in [0.25, 0.3) is 0 Å². The highest BCUT2D eigenvalue weighted by atomic mass is 15.3. The second-order valence-electron chi connectivity index (χ2n) is 4.91. The van der Waals surface area contributed by atoms with Gasteiger partial charge in [0.15, 0.2) is 0 Å². The van der Waals surface area contributed by atoms with Gasteiger partial charge in [-0.3, -0.25) is 0 Å². The summed E-state index contributed by atoms with van der Waals surface area (Å²) in [6, 6.07) is 0. The van der Waals surface area contributed by atoms with Gasteiger partial charge in [-0.1, -0.05) is 20.3 Å². The highest BCUT2D eigenvalue weighted by molar-refractivity contribution is 5.06. The molecule has 1 aliphatic carbocycles. The normalized spacial score (nSPS) is 25.5. The quantitative estimate of drug-likeness (QED) is 0.722. The van der Waals surface area contributed by atoms with Crippen LogP contribution in [-0.2, 0) is 6.54 Å². The van der Waals surface area contributed by atoms with Crippen molar-refractivity contribution in [1.29, 1.82) is 0 Å². The van der Waals surface area contributed by atoms with E-state index in [1.807, 2.05) is 6.33 Å². The molecule has 0 aliphatic heterocycles. The van der Waals surface area contributed by atoms with Crippen molar-refractivity contribution >= 4 is 0 Å². The van der Waals surface area contributed by atoms with Crippen molar-refractivity contribution in [3.05, 3.63) is 12.2 Å². The van der Waals surface area contributed by atoms with Gasteiger partial charge in [-0.25, -0.2) is 0 Å². The van der Waals surface area contributed by atoms with Crippen molar-refractivity contribution in [3.63, 3.8) is 0 Å². The van der Waals surface area contributed by atoms with Crippen LogP contribution in [0.3, 0.4) is 0 Å². The van der Waals surface area contributed by atoms with Crippen molar-refractivity contribution in [3.8, 4) is 0 Å². The Morgan fingerprint density at radius 3 is 2.93 bits per heavy atom. The molecule has 0 radical (unpaired) electrons. The molecule has 1 aromatic heterocycles. The Morgan fingerprint density at radius 1 is 1.57 bits per heavy atom. The summed E-state index contributed by atoms with van der Waals surface area (Å²) in [5.41, 5.74) is 0.403. The fourth-order valence-electron chi connectivity index (χ4n) is 2.58. The van der Waals surface area contributed by atoms with Gasteiger partial charge in [0, 0.05) is 12.5 Å². The summed E-state index contributed by atoms with van der Waals surface area (Å²) in [7, 11) is 0. The third-order valence-electron chi connectivity index (χ3n) is 3.56. The molecule has 1 unspecified atom stereocenters. The lowest BCUT2D eigenvalue weighted by Crippen LogP contribution is -2.19. The van der Waals surface area contributed by atoms with Crippen molar-refractivity contribution in [2.45, 2.75) is 52.5 Å². The van der Waals surface area contributed by atoms with Gasteiger partial charge in [0.05, 0.1) is 0 Å². The minimum atomic E-state index is 0.403. The lowest BCUT2D eigenvalue weighted by Gasteiger charge is -2.26. The largest absolute Gasteiger partial charge is 0.318 e. The van der Waals surface area contributed by atoms with E-state index in [1.165, 1.54) is 25.1 Å². The van der Waals surface area contributed by atoms with Gasteiger partial charge >= 0.3 is 0 Å². The Hall–Kier alpha value is -0.860. The summed E-state index contributed by atoms with van der Waals surface area (Å²) in [6.07, 6.45) is 5.76. The van der Waals surface area contributed by atoms with Crippen LogP contribution < -0.4 is 0 Å². The first kappa shape index (κ1) is 9.69. The molecule has 3 nitrogen and oxygen atoms in total. The maximum absolute atomic E-state index is 4.28. The van der Waals surface area contributed by atoms with Gasteiger partial charge in [-0.15, -0.1) is 10.2 Å². The van der Waals surface area contributed by atoms with E-state index in [2.05, 4.69) is 35.5 Å². The molecule has 1 aliphatic rings. The standard InChI is InChI=1S/C11H19N3/c1-4-14-8-12-13-10(14)9-6-5-7-11(9,2)3/h8-9H,4-7H2,1-3H3. The third-order valence-corrected chi connectivity index (χ3v) is 3.56. The molecule has 1 saturated carbocycles. The second kappa shape index (κ2) is 3.37. The van der Waals surface area contributed by atoms with E-state index in [0.717, 1.165) is 6.54 Å². The molecule has 0 amide bonds. The van der Waals surface area contributed by atoms with Crippen LogP contribution in [0.5, 0.6) is 0 Å². The zero-order valence-corrected chi connectivity index (χ0v) is 9.32. The molecule has 1 heterocycles. The van der Waals surface area contributed by atoms with Crippen LogP contribution >= 0.6 is 0 Å². The second-order valence-corrected chi connectivity index (χ2v) is 4.91. The van der Waals surface area contributed by atoms with Crippen LogP contribution in [0.2, 0.25) is 0 Å². The zero-order chi connectivity index (χ0) is 10.2. The number of aryl methyl sites for hydroxylation is 1. The molecular formula is C11H19N3. The number of hydrogen-bond acceptors (Lipinski definition) is 2. The van der Waals surface area contributed by atoms with E-state index >= 15 is 0 Å². The fourth-order valence-corrected chi connectivity index (χ4v) is 2.58. The molecule has 0 aromatic carbocycles. The average molecular weight is 193 g/mol. The minimum absolute atomic E-state index is 0.403. The van der Waals surface area contributed by atoms with Crippen molar-refractivity contribution in [2.24, 2.45) is 5.41 Å². The molecule has 1 atom stereocenters. The predicted octanol–water partition coefficient (Wildman–Crippen LogP) is 2.59. The van der Waals surface area contributed by atoms with E-state index in [4.69, 9.17) is 0 Å². The van der Waals surface area contributed by atoms with Gasteiger partial charge in [0.2, 0.25) is 0 Å². The topological polar surface area (TPSA) is 30.7 Å². The fraction of sp³-hybridized carbons (Fsp3) is 0.818. The van der Waals surface area contributed by atoms with Crippen molar-refractivity contribution < 1.29 is 0 Å². The van der Waals surface area contributed by atoms with E-state index < -0.39 is 0 Å². The van der Waals surface area contributed by atoms with Crippen molar-refractivity contribution in [2.75, 3.05) is 0 Å². The summed E-state index contributed by atoms with van der Waals surface area (Å²) in [5, 5.41) is 8.29. The Labute approximate surface area is 85.5 Å². The summed E-state index contributed by atoms with van der Waals surface area (Å²) in [6.45, 7) is 7.82. The number of aromatic nitrogens is 3. The Bertz CT molecular complexity index is 314. The SMILES string of the molecule is CCn1cnnc1C1CCCC1(C)C. The van der Waals surface area contributed by atoms with Gasteiger partial charge in [-0.2, -0.15) is 0 Å². The Morgan fingerprint density at radius 2 is 2.36 bits per heavy atom. The smallest absolute Gasteiger partial charge is 0.136 e. The molecule has 0 N–H and O–H groups in total. The van der Waals surface area contributed by atoms with Crippen LogP contribution in [0.1, 0.15) is 51.8 Å². The van der Waals surface area contributed by atoms with Gasteiger partial charge in [0.1, 0.15) is 12.2 Å². The minimum Gasteiger partial charge on any atom is -0.318 e. The third kappa shape index (κ3) is 1.45. The maximum Gasteiger partial charge on any atom is 0.136 e. The Balaban J connectivity index is 2.30. The lowest BCUT2D eigenvalue weighted by atomic mass is 9.81. The lowest BCUT2D eigenvalue weighted by molar-refractivity contribution is 0.315. The predicted molar refractivity (Wildman–Crippen MR) is 56.1 cm³/mol. The summed E-state index contributed by atoms with van der Waals surface area (Å²) in [4.78, 5) is 0. The van der Waals surface area contributed by atoms with Crippen LogP contribution in [0.15, 0.2) is 6.33 Å². The maximum atomic E-state index is 4.28. The van der Waals surface area contributed by atoms with Crippen LogP contribution in [0.25, 0.3) is 0 Å². The Kier molecular flexibility index (Phi) is 2.33. The zero-order valence-electron chi connectivity index (χ0n) is 9.32. The number of nitrogens with zero attached hydrogens (tertiary/aromatic N) is 3. The molecule has 2 rings (SSSR count). The first-order valence-corrected chi connectivity index (χ1v) is 5.53. The van der Waals surface area contributed by atoms with E-state index in [1.54, 1.807) is 0 Å². The van der Waals surface area contributed by atoms with Crippen LogP contribution in [-0.4, -0.2) is 14.8 Å². The first-order chi connectivity index (χ1) is 6.65. The average Bonchev–Trinajstić information content (AvgIpc) is 2.69. The molecule has 0 bridgehead atoms. The highest BCUT2D eigenvalue weighted by Crippen LogP contribution is 2.47. The van der Waals surface area contributed by atoms with E-state index in [-0.39, 0.29) is 0 Å². The van der Waals surface area contributed by atoms with E-state index in [9.17, 15) is 0 Å². The van der Waals surface area contributed by atoms with Crippen molar-refractivity contribution in [1.82, 2.24) is 14.8 Å². The molecule has 0 saturated heterocycles. The molecule has 78 valence electrons. The number of rotatable bonds is 2. The molecular weight excluding hydrogens is 174 g/mol. The monoisotopic (exact) mass is 193 g/mol. The van der Waals surface area contributed by atoms with Gasteiger partial charge < -0.3 is 4.57 Å². The molecule has 1 aromatic rings. The molecule has 14 heavy (non-hydrogen) atoms. The first-order valence-electron chi connectivity index (χ1n) is 5.53. The summed E-state index contributed by atoms with van der Waals surface area (Å²) >= 11 is 0.